The second-order valence-electron chi connectivity index (χ2n) is 3.12. The van der Waals surface area contributed by atoms with Gasteiger partial charge in [-0.25, -0.2) is 9.97 Å². The number of rotatable bonds is 5. The van der Waals surface area contributed by atoms with Crippen LogP contribution < -0.4 is 4.90 Å². The lowest BCUT2D eigenvalue weighted by Gasteiger charge is -2.18. The van der Waals surface area contributed by atoms with Gasteiger partial charge >= 0.3 is 5.97 Å². The maximum absolute atomic E-state index is 10.6. The molecule has 0 unspecified atom stereocenters. The topological polar surface area (TPSA) is 66.3 Å². The highest BCUT2D eigenvalue weighted by Gasteiger charge is 2.11. The molecule has 1 N–H and O–H groups in total. The predicted molar refractivity (Wildman–Crippen MR) is 56.8 cm³/mol. The van der Waals surface area contributed by atoms with Gasteiger partial charge in [0.2, 0.25) is 5.95 Å². The fourth-order valence-electron chi connectivity index (χ4n) is 1.09. The smallest absolute Gasteiger partial charge is 0.323 e. The zero-order chi connectivity index (χ0) is 11.3. The van der Waals surface area contributed by atoms with Gasteiger partial charge in [0.25, 0.3) is 0 Å². The van der Waals surface area contributed by atoms with Gasteiger partial charge in [0.1, 0.15) is 6.54 Å². The minimum atomic E-state index is -0.916. The van der Waals surface area contributed by atoms with E-state index in [4.69, 9.17) is 5.11 Å². The summed E-state index contributed by atoms with van der Waals surface area (Å²) in [6.45, 7) is 5.72. The number of carboxylic acid groups (broad SMARTS) is 1. The Labute approximate surface area is 88.1 Å². The largest absolute Gasteiger partial charge is 0.480 e. The van der Waals surface area contributed by atoms with Gasteiger partial charge in [0, 0.05) is 18.9 Å². The summed E-state index contributed by atoms with van der Waals surface area (Å²) in [5.74, 6) is -0.510. The first-order valence-corrected chi connectivity index (χ1v) is 4.49. The van der Waals surface area contributed by atoms with Crippen LogP contribution in [0.1, 0.15) is 5.56 Å². The van der Waals surface area contributed by atoms with Crippen molar-refractivity contribution in [3.05, 3.63) is 30.6 Å². The fraction of sp³-hybridized carbons (Fsp3) is 0.300. The molecule has 1 aromatic rings. The van der Waals surface area contributed by atoms with Crippen molar-refractivity contribution >= 4 is 11.9 Å². The van der Waals surface area contributed by atoms with E-state index in [-0.39, 0.29) is 6.54 Å². The molecule has 0 bridgehead atoms. The Morgan fingerprint density at radius 3 is 2.67 bits per heavy atom. The zero-order valence-corrected chi connectivity index (χ0v) is 8.55. The lowest BCUT2D eigenvalue weighted by Crippen LogP contribution is -2.31. The van der Waals surface area contributed by atoms with Crippen LogP contribution in [0, 0.1) is 6.92 Å². The van der Waals surface area contributed by atoms with Crippen molar-refractivity contribution < 1.29 is 9.90 Å². The molecule has 0 aliphatic rings. The second kappa shape index (κ2) is 5.09. The second-order valence-corrected chi connectivity index (χ2v) is 3.12. The number of aliphatic carboxylic acids is 1. The number of aryl methyl sites for hydroxylation is 1. The van der Waals surface area contributed by atoms with Crippen molar-refractivity contribution in [2.24, 2.45) is 0 Å². The van der Waals surface area contributed by atoms with E-state index in [9.17, 15) is 4.79 Å². The third-order valence-corrected chi connectivity index (χ3v) is 1.73. The molecule has 0 aromatic carbocycles. The first kappa shape index (κ1) is 11.2. The van der Waals surface area contributed by atoms with E-state index in [2.05, 4.69) is 16.5 Å². The molecular formula is C10H13N3O2. The number of anilines is 1. The number of carboxylic acids is 1. The van der Waals surface area contributed by atoms with E-state index >= 15 is 0 Å². The number of aromatic nitrogens is 2. The Morgan fingerprint density at radius 1 is 1.60 bits per heavy atom. The summed E-state index contributed by atoms with van der Waals surface area (Å²) in [5, 5.41) is 8.69. The van der Waals surface area contributed by atoms with Crippen LogP contribution in [0.25, 0.3) is 0 Å². The van der Waals surface area contributed by atoms with Gasteiger partial charge in [0.05, 0.1) is 0 Å². The summed E-state index contributed by atoms with van der Waals surface area (Å²) < 4.78 is 0. The SMILES string of the molecule is C=CCN(CC(=O)O)c1ncc(C)cn1. The molecule has 0 fully saturated rings. The normalized spacial score (nSPS) is 9.67. The first-order chi connectivity index (χ1) is 7.13. The van der Waals surface area contributed by atoms with Crippen molar-refractivity contribution in [2.45, 2.75) is 6.92 Å². The van der Waals surface area contributed by atoms with Crippen molar-refractivity contribution in [1.82, 2.24) is 9.97 Å². The molecule has 0 saturated heterocycles. The fourth-order valence-corrected chi connectivity index (χ4v) is 1.09. The van der Waals surface area contributed by atoms with E-state index in [1.165, 1.54) is 4.90 Å². The van der Waals surface area contributed by atoms with Gasteiger partial charge in [-0.1, -0.05) is 6.08 Å². The van der Waals surface area contributed by atoms with Crippen LogP contribution in [0.5, 0.6) is 0 Å². The standard InChI is InChI=1S/C10H13N3O2/c1-3-4-13(7-9(14)15)10-11-5-8(2)6-12-10/h3,5-6H,1,4,7H2,2H3,(H,14,15). The van der Waals surface area contributed by atoms with Gasteiger partial charge in [-0.2, -0.15) is 0 Å². The molecule has 0 aliphatic carbocycles. The number of hydrogen-bond donors (Lipinski definition) is 1. The maximum Gasteiger partial charge on any atom is 0.323 e. The zero-order valence-electron chi connectivity index (χ0n) is 8.55. The Morgan fingerprint density at radius 2 is 2.20 bits per heavy atom. The Kier molecular flexibility index (Phi) is 3.79. The number of hydrogen-bond acceptors (Lipinski definition) is 4. The number of nitrogens with zero attached hydrogens (tertiary/aromatic N) is 3. The van der Waals surface area contributed by atoms with Crippen molar-refractivity contribution in [1.29, 1.82) is 0 Å². The summed E-state index contributed by atoms with van der Waals surface area (Å²) in [5.41, 5.74) is 0.938. The molecule has 1 heterocycles. The lowest BCUT2D eigenvalue weighted by molar-refractivity contribution is -0.135. The van der Waals surface area contributed by atoms with E-state index in [0.717, 1.165) is 5.56 Å². The Bertz CT molecular complexity index is 348. The third-order valence-electron chi connectivity index (χ3n) is 1.73. The summed E-state index contributed by atoms with van der Waals surface area (Å²) in [6.07, 6.45) is 4.92. The molecule has 1 rings (SSSR count). The van der Waals surface area contributed by atoms with Crippen LogP contribution in [-0.2, 0) is 4.79 Å². The highest BCUT2D eigenvalue weighted by atomic mass is 16.4. The van der Waals surface area contributed by atoms with Gasteiger partial charge < -0.3 is 10.0 Å². The molecule has 1 aromatic heterocycles. The minimum Gasteiger partial charge on any atom is -0.480 e. The maximum atomic E-state index is 10.6. The molecule has 0 aliphatic heterocycles. The third kappa shape index (κ3) is 3.38. The quantitative estimate of drug-likeness (QED) is 0.725. The summed E-state index contributed by atoms with van der Waals surface area (Å²) >= 11 is 0. The molecule has 0 saturated carbocycles. The highest BCUT2D eigenvalue weighted by molar-refractivity contribution is 5.72. The van der Waals surface area contributed by atoms with Crippen LogP contribution in [0.4, 0.5) is 5.95 Å². The first-order valence-electron chi connectivity index (χ1n) is 4.49. The Balaban J connectivity index is 2.83. The molecule has 0 atom stereocenters. The molecule has 0 amide bonds. The average Bonchev–Trinajstić information content (AvgIpc) is 2.17. The van der Waals surface area contributed by atoms with E-state index in [0.29, 0.717) is 12.5 Å². The molecule has 80 valence electrons. The molecule has 5 nitrogen and oxygen atoms in total. The minimum absolute atomic E-state index is 0.130. The Hall–Kier alpha value is -1.91. The molecule has 0 spiro atoms. The van der Waals surface area contributed by atoms with Crippen LogP contribution in [0.15, 0.2) is 25.0 Å². The van der Waals surface area contributed by atoms with E-state index in [1.807, 2.05) is 6.92 Å². The molecule has 5 heteroatoms. The van der Waals surface area contributed by atoms with Gasteiger partial charge in [-0.3, -0.25) is 4.79 Å². The van der Waals surface area contributed by atoms with Gasteiger partial charge in [-0.15, -0.1) is 6.58 Å². The summed E-state index contributed by atoms with van der Waals surface area (Å²) in [4.78, 5) is 20.2. The van der Waals surface area contributed by atoms with Crippen molar-refractivity contribution in [3.63, 3.8) is 0 Å². The van der Waals surface area contributed by atoms with Crippen LogP contribution in [0.3, 0.4) is 0 Å². The average molecular weight is 207 g/mol. The molecule has 15 heavy (non-hydrogen) atoms. The molecule has 0 radical (unpaired) electrons. The number of carbonyl (C=O) groups is 1. The predicted octanol–water partition coefficient (Wildman–Crippen LogP) is 0.862. The lowest BCUT2D eigenvalue weighted by atomic mass is 10.4. The van der Waals surface area contributed by atoms with Crippen molar-refractivity contribution in [2.75, 3.05) is 18.0 Å². The monoisotopic (exact) mass is 207 g/mol. The van der Waals surface area contributed by atoms with Gasteiger partial charge in [0.15, 0.2) is 0 Å². The highest BCUT2D eigenvalue weighted by Crippen LogP contribution is 2.06. The summed E-state index contributed by atoms with van der Waals surface area (Å²) in [7, 11) is 0. The van der Waals surface area contributed by atoms with Crippen LogP contribution in [-0.4, -0.2) is 34.1 Å². The summed E-state index contributed by atoms with van der Waals surface area (Å²) in [6, 6.07) is 0. The van der Waals surface area contributed by atoms with Crippen LogP contribution in [0.2, 0.25) is 0 Å². The van der Waals surface area contributed by atoms with Gasteiger partial charge in [-0.05, 0) is 12.5 Å². The van der Waals surface area contributed by atoms with Crippen LogP contribution >= 0.6 is 0 Å². The van der Waals surface area contributed by atoms with E-state index < -0.39 is 5.97 Å². The molecular weight excluding hydrogens is 194 g/mol. The van der Waals surface area contributed by atoms with Crippen molar-refractivity contribution in [3.8, 4) is 0 Å². The van der Waals surface area contributed by atoms with E-state index in [1.54, 1.807) is 18.5 Å².